The van der Waals surface area contributed by atoms with Crippen molar-refractivity contribution in [3.05, 3.63) is 85.0 Å². The zero-order valence-corrected chi connectivity index (χ0v) is 13.1. The molecule has 0 aliphatic carbocycles. The number of rotatable bonds is 3. The Morgan fingerprint density at radius 2 is 1.83 bits per heavy atom. The number of hydrogen-bond acceptors (Lipinski definition) is 4. The lowest BCUT2D eigenvalue weighted by molar-refractivity contribution is 0.598. The van der Waals surface area contributed by atoms with Crippen LogP contribution < -0.4 is 10.0 Å². The number of sulfonamides is 1. The predicted molar refractivity (Wildman–Crippen MR) is 90.8 cm³/mol. The predicted octanol–water partition coefficient (Wildman–Crippen LogP) is 2.66. The van der Waals surface area contributed by atoms with Crippen LogP contribution in [-0.4, -0.2) is 13.4 Å². The third kappa shape index (κ3) is 3.23. The average molecular weight is 325 g/mol. The Morgan fingerprint density at radius 1 is 1.09 bits per heavy atom. The highest BCUT2D eigenvalue weighted by Crippen LogP contribution is 2.28. The zero-order valence-electron chi connectivity index (χ0n) is 12.3. The van der Waals surface area contributed by atoms with E-state index in [0.717, 1.165) is 22.5 Å². The largest absolute Gasteiger partial charge is 0.317 e. The second-order valence-corrected chi connectivity index (χ2v) is 6.62. The third-order valence-corrected chi connectivity index (χ3v) is 4.40. The fourth-order valence-electron chi connectivity index (χ4n) is 2.27. The van der Waals surface area contributed by atoms with E-state index in [1.165, 1.54) is 12.1 Å². The summed E-state index contributed by atoms with van der Waals surface area (Å²) in [4.78, 5) is 6.08. The summed E-state index contributed by atoms with van der Waals surface area (Å²) < 4.78 is 22.7. The topological polar surface area (TPSA) is 76.3 Å². The summed E-state index contributed by atoms with van der Waals surface area (Å²) in [5.41, 5.74) is 3.55. The van der Waals surface area contributed by atoms with Crippen molar-refractivity contribution in [1.82, 2.24) is 4.98 Å². The zero-order chi connectivity index (χ0) is 16.4. The summed E-state index contributed by atoms with van der Waals surface area (Å²) in [6.07, 6.45) is 9.31. The second-order valence-electron chi connectivity index (χ2n) is 5.06. The van der Waals surface area contributed by atoms with Gasteiger partial charge in [-0.25, -0.2) is 13.6 Å². The van der Waals surface area contributed by atoms with E-state index in [2.05, 4.69) is 11.6 Å². The number of anilines is 1. The minimum Gasteiger partial charge on any atom is -0.317 e. The first kappa shape index (κ1) is 15.2. The van der Waals surface area contributed by atoms with Crippen molar-refractivity contribution in [2.24, 2.45) is 5.14 Å². The van der Waals surface area contributed by atoms with Crippen LogP contribution >= 0.6 is 0 Å². The van der Waals surface area contributed by atoms with Crippen LogP contribution in [-0.2, 0) is 10.0 Å². The number of allylic oxidation sites excluding steroid dienone is 3. The van der Waals surface area contributed by atoms with Gasteiger partial charge in [0.25, 0.3) is 0 Å². The molecule has 0 amide bonds. The van der Waals surface area contributed by atoms with E-state index < -0.39 is 10.0 Å². The minimum atomic E-state index is -3.70. The normalized spacial score (nSPS) is 14.7. The molecule has 116 valence electrons. The molecule has 0 saturated heterocycles. The SMILES string of the molecule is C=C1C=CC(c2cccnc2)=CN1c1ccc(S(N)(=O)=O)cc1. The maximum Gasteiger partial charge on any atom is 0.238 e. The van der Waals surface area contributed by atoms with E-state index in [1.54, 1.807) is 24.5 Å². The molecule has 6 heteroatoms. The highest BCUT2D eigenvalue weighted by molar-refractivity contribution is 7.89. The molecule has 2 aromatic rings. The van der Waals surface area contributed by atoms with Crippen molar-refractivity contribution in [2.75, 3.05) is 4.90 Å². The first-order valence-corrected chi connectivity index (χ1v) is 8.41. The Bertz CT molecular complexity index is 899. The van der Waals surface area contributed by atoms with Gasteiger partial charge in [0.05, 0.1) is 4.90 Å². The van der Waals surface area contributed by atoms with Gasteiger partial charge in [0.1, 0.15) is 0 Å². The molecule has 0 spiro atoms. The van der Waals surface area contributed by atoms with E-state index in [9.17, 15) is 8.42 Å². The first-order valence-electron chi connectivity index (χ1n) is 6.86. The molecule has 2 N–H and O–H groups in total. The van der Waals surface area contributed by atoms with Crippen molar-refractivity contribution in [2.45, 2.75) is 4.90 Å². The molecule has 0 saturated carbocycles. The molecular formula is C17H15N3O2S. The quantitative estimate of drug-likeness (QED) is 0.941. The van der Waals surface area contributed by atoms with Crippen LogP contribution in [0.5, 0.6) is 0 Å². The molecular weight excluding hydrogens is 310 g/mol. The molecule has 0 fully saturated rings. The van der Waals surface area contributed by atoms with Crippen molar-refractivity contribution in [3.63, 3.8) is 0 Å². The molecule has 0 bridgehead atoms. The molecule has 1 aromatic carbocycles. The Hall–Kier alpha value is -2.70. The van der Waals surface area contributed by atoms with Gasteiger partial charge >= 0.3 is 0 Å². The van der Waals surface area contributed by atoms with Crippen LogP contribution in [0.2, 0.25) is 0 Å². The van der Waals surface area contributed by atoms with E-state index in [1.807, 2.05) is 35.4 Å². The van der Waals surface area contributed by atoms with Gasteiger partial charge in [-0.05, 0) is 42.0 Å². The second kappa shape index (κ2) is 5.83. The van der Waals surface area contributed by atoms with Crippen LogP contribution in [0.3, 0.4) is 0 Å². The van der Waals surface area contributed by atoms with Crippen molar-refractivity contribution in [3.8, 4) is 0 Å². The Morgan fingerprint density at radius 3 is 2.43 bits per heavy atom. The van der Waals surface area contributed by atoms with Crippen LogP contribution in [0, 0.1) is 0 Å². The highest BCUT2D eigenvalue weighted by Gasteiger charge is 2.14. The number of nitrogens with zero attached hydrogens (tertiary/aromatic N) is 2. The average Bonchev–Trinajstić information content (AvgIpc) is 2.55. The number of pyridine rings is 1. The lowest BCUT2D eigenvalue weighted by Crippen LogP contribution is -2.17. The molecule has 23 heavy (non-hydrogen) atoms. The molecule has 0 atom stereocenters. The van der Waals surface area contributed by atoms with Gasteiger partial charge in [-0.2, -0.15) is 0 Å². The van der Waals surface area contributed by atoms with Gasteiger partial charge < -0.3 is 4.90 Å². The van der Waals surface area contributed by atoms with Gasteiger partial charge in [-0.1, -0.05) is 18.7 Å². The Balaban J connectivity index is 1.97. The smallest absolute Gasteiger partial charge is 0.238 e. The van der Waals surface area contributed by atoms with E-state index in [-0.39, 0.29) is 4.90 Å². The number of hydrogen-bond donors (Lipinski definition) is 1. The number of aromatic nitrogens is 1. The van der Waals surface area contributed by atoms with Gasteiger partial charge in [-0.3, -0.25) is 4.98 Å². The molecule has 5 nitrogen and oxygen atoms in total. The molecule has 0 radical (unpaired) electrons. The third-order valence-electron chi connectivity index (χ3n) is 3.47. The maximum absolute atomic E-state index is 11.3. The van der Waals surface area contributed by atoms with Crippen LogP contribution in [0.1, 0.15) is 5.56 Å². The molecule has 3 rings (SSSR count). The number of primary sulfonamides is 1. The van der Waals surface area contributed by atoms with Crippen LogP contribution in [0.15, 0.2) is 84.3 Å². The van der Waals surface area contributed by atoms with E-state index >= 15 is 0 Å². The standard InChI is InChI=1S/C17H15N3O2S/c1-13-4-5-15(14-3-2-10-19-11-14)12-20(13)16-6-8-17(9-7-16)23(18,21)22/h2-12H,1H2,(H2,18,21,22). The summed E-state index contributed by atoms with van der Waals surface area (Å²) in [7, 11) is -3.70. The summed E-state index contributed by atoms with van der Waals surface area (Å²) >= 11 is 0. The number of nitrogens with two attached hydrogens (primary N) is 1. The van der Waals surface area contributed by atoms with Crippen LogP contribution in [0.4, 0.5) is 5.69 Å². The van der Waals surface area contributed by atoms with E-state index in [4.69, 9.17) is 5.14 Å². The lowest BCUT2D eigenvalue weighted by Gasteiger charge is -2.25. The fourth-order valence-corrected chi connectivity index (χ4v) is 2.79. The summed E-state index contributed by atoms with van der Waals surface area (Å²) in [6.45, 7) is 4.01. The monoisotopic (exact) mass is 325 g/mol. The fraction of sp³-hybridized carbons (Fsp3) is 0. The first-order chi connectivity index (χ1) is 10.9. The van der Waals surface area contributed by atoms with Gasteiger partial charge in [0, 0.05) is 35.5 Å². The minimum absolute atomic E-state index is 0.0795. The van der Waals surface area contributed by atoms with Crippen molar-refractivity contribution < 1.29 is 8.42 Å². The van der Waals surface area contributed by atoms with Gasteiger partial charge in [0.15, 0.2) is 0 Å². The lowest BCUT2D eigenvalue weighted by atomic mass is 10.1. The molecule has 2 heterocycles. The van der Waals surface area contributed by atoms with Crippen molar-refractivity contribution in [1.29, 1.82) is 0 Å². The summed E-state index contributed by atoms with van der Waals surface area (Å²) in [5, 5.41) is 5.12. The molecule has 1 aromatic heterocycles. The summed E-state index contributed by atoms with van der Waals surface area (Å²) in [6, 6.07) is 10.2. The Kier molecular flexibility index (Phi) is 3.85. The number of benzene rings is 1. The van der Waals surface area contributed by atoms with Crippen LogP contribution in [0.25, 0.3) is 5.57 Å². The molecule has 1 aliphatic rings. The molecule has 1 aliphatic heterocycles. The van der Waals surface area contributed by atoms with Gasteiger partial charge in [0.2, 0.25) is 10.0 Å². The maximum atomic E-state index is 11.3. The Labute approximate surface area is 135 Å². The highest BCUT2D eigenvalue weighted by atomic mass is 32.2. The van der Waals surface area contributed by atoms with E-state index in [0.29, 0.717) is 0 Å². The molecule has 0 unspecified atom stereocenters. The van der Waals surface area contributed by atoms with Crippen molar-refractivity contribution >= 4 is 21.3 Å². The van der Waals surface area contributed by atoms with Gasteiger partial charge in [-0.15, -0.1) is 0 Å². The summed E-state index contributed by atoms with van der Waals surface area (Å²) in [5.74, 6) is 0.